The molecular formula is C30H21AlN3O2. The molecule has 0 saturated heterocycles. The van der Waals surface area contributed by atoms with Gasteiger partial charge in [0.1, 0.15) is 5.52 Å². The Morgan fingerprint density at radius 3 is 2.11 bits per heavy atom. The molecule has 0 aliphatic rings. The maximum absolute atomic E-state index is 6.18. The van der Waals surface area contributed by atoms with Crippen LogP contribution < -0.4 is 7.58 Å². The van der Waals surface area contributed by atoms with Gasteiger partial charge in [0.05, 0.1) is 17.1 Å². The van der Waals surface area contributed by atoms with Gasteiger partial charge in [-0.05, 0) is 59.7 Å². The average Bonchev–Trinajstić information content (AvgIpc) is 3.34. The standard InChI is InChI=1S/C18H13N3O.C12H10O.Al/c22-16-11-5-4-9-14(16)17-20-15-10-6-12-19-18(15)21(17)13-7-2-1-3-8-13;13-12-8-6-11(7-9-12)10-4-2-1-3-5-10;/h1-12,22H;1-9,13H;/q;;+2/p-2. The van der Waals surface area contributed by atoms with Crippen LogP contribution in [0.25, 0.3) is 39.4 Å². The highest BCUT2D eigenvalue weighted by molar-refractivity contribution is 6.21. The van der Waals surface area contributed by atoms with Crippen molar-refractivity contribution in [2.75, 3.05) is 0 Å². The zero-order chi connectivity index (χ0) is 24.2. The van der Waals surface area contributed by atoms with Crippen molar-refractivity contribution < 1.29 is 7.58 Å². The highest BCUT2D eigenvalue weighted by Crippen LogP contribution is 2.33. The molecule has 1 radical (unpaired) electrons. The fourth-order valence-electron chi connectivity index (χ4n) is 4.16. The first kappa shape index (κ1) is 22.1. The molecular weight excluding hydrogens is 461 g/mol. The van der Waals surface area contributed by atoms with Crippen LogP contribution in [0.1, 0.15) is 0 Å². The first-order chi connectivity index (χ1) is 17.9. The fourth-order valence-corrected chi connectivity index (χ4v) is 4.78. The van der Waals surface area contributed by atoms with Crippen molar-refractivity contribution >= 4 is 27.1 Å². The van der Waals surface area contributed by atoms with Crippen LogP contribution in [0.15, 0.2) is 128 Å². The van der Waals surface area contributed by atoms with Gasteiger partial charge in [-0.1, -0.05) is 72.8 Å². The summed E-state index contributed by atoms with van der Waals surface area (Å²) < 4.78 is 14.2. The van der Waals surface area contributed by atoms with Gasteiger partial charge in [-0.15, -0.1) is 0 Å². The molecule has 0 saturated carbocycles. The third-order valence-corrected chi connectivity index (χ3v) is 6.60. The monoisotopic (exact) mass is 482 g/mol. The second-order valence-corrected chi connectivity index (χ2v) is 8.83. The minimum atomic E-state index is -0.776. The van der Waals surface area contributed by atoms with Crippen molar-refractivity contribution in [1.82, 2.24) is 14.5 Å². The summed E-state index contributed by atoms with van der Waals surface area (Å²) in [5, 5.41) is 0. The Morgan fingerprint density at radius 1 is 0.611 bits per heavy atom. The van der Waals surface area contributed by atoms with E-state index in [0.717, 1.165) is 45.3 Å². The van der Waals surface area contributed by atoms with Gasteiger partial charge in [-0.2, -0.15) is 0 Å². The van der Waals surface area contributed by atoms with Crippen molar-refractivity contribution in [1.29, 1.82) is 0 Å². The first-order valence-corrected chi connectivity index (χ1v) is 12.6. The van der Waals surface area contributed by atoms with E-state index in [1.807, 2.05) is 84.9 Å². The molecule has 0 amide bonds. The Morgan fingerprint density at radius 2 is 1.31 bits per heavy atom. The van der Waals surface area contributed by atoms with Gasteiger partial charge in [0.15, 0.2) is 11.5 Å². The summed E-state index contributed by atoms with van der Waals surface area (Å²) in [5.74, 6) is 2.28. The molecule has 0 aliphatic carbocycles. The molecule has 36 heavy (non-hydrogen) atoms. The average molecular weight is 482 g/mol. The van der Waals surface area contributed by atoms with Crippen molar-refractivity contribution in [2.24, 2.45) is 0 Å². The van der Waals surface area contributed by atoms with E-state index in [-0.39, 0.29) is 0 Å². The maximum atomic E-state index is 6.18. The molecule has 0 spiro atoms. The lowest BCUT2D eigenvalue weighted by Gasteiger charge is -2.14. The number of nitrogens with zero attached hydrogens (tertiary/aromatic N) is 3. The Labute approximate surface area is 216 Å². The van der Waals surface area contributed by atoms with Crippen molar-refractivity contribution in [3.8, 4) is 39.7 Å². The minimum absolute atomic E-state index is 0.723. The van der Waals surface area contributed by atoms with Crippen LogP contribution in [0.5, 0.6) is 11.5 Å². The van der Waals surface area contributed by atoms with Crippen LogP contribution in [-0.2, 0) is 0 Å². The number of benzene rings is 4. The van der Waals surface area contributed by atoms with E-state index in [1.165, 1.54) is 5.56 Å². The lowest BCUT2D eigenvalue weighted by atomic mass is 10.1. The van der Waals surface area contributed by atoms with E-state index in [1.54, 1.807) is 6.20 Å². The molecule has 0 fully saturated rings. The highest BCUT2D eigenvalue weighted by atomic mass is 27.2. The zero-order valence-corrected chi connectivity index (χ0v) is 20.5. The molecule has 4 aromatic carbocycles. The number of imidazole rings is 1. The largest absolute Gasteiger partial charge is 0.881 e. The smallest absolute Gasteiger partial charge is 0.616 e. The van der Waals surface area contributed by atoms with Crippen molar-refractivity contribution in [3.05, 3.63) is 128 Å². The van der Waals surface area contributed by atoms with Gasteiger partial charge >= 0.3 is 15.9 Å². The summed E-state index contributed by atoms with van der Waals surface area (Å²) in [4.78, 5) is 9.52. The molecule has 2 heterocycles. The number of hydrogen-bond donors (Lipinski definition) is 0. The Kier molecular flexibility index (Phi) is 6.20. The molecule has 6 rings (SSSR count). The highest BCUT2D eigenvalue weighted by Gasteiger charge is 2.19. The molecule has 5 nitrogen and oxygen atoms in total. The van der Waals surface area contributed by atoms with Crippen molar-refractivity contribution in [3.63, 3.8) is 0 Å². The molecule has 171 valence electrons. The number of pyridine rings is 1. The third-order valence-electron chi connectivity index (χ3n) is 5.88. The number of fused-ring (bicyclic) bond motifs is 1. The Balaban J connectivity index is 1.26. The summed E-state index contributed by atoms with van der Waals surface area (Å²) in [6, 6.07) is 40.3. The van der Waals surface area contributed by atoms with Crippen LogP contribution in [0.2, 0.25) is 0 Å². The van der Waals surface area contributed by atoms with Gasteiger partial charge in [0.2, 0.25) is 0 Å². The lowest BCUT2D eigenvalue weighted by molar-refractivity contribution is 0.460. The van der Waals surface area contributed by atoms with Crippen molar-refractivity contribution in [2.45, 2.75) is 0 Å². The normalized spacial score (nSPS) is 10.8. The molecule has 0 N–H and O–H groups in total. The summed E-state index contributed by atoms with van der Waals surface area (Å²) in [7, 11) is 0. The maximum Gasteiger partial charge on any atom is 0.881 e. The summed E-state index contributed by atoms with van der Waals surface area (Å²) in [5.41, 5.74) is 5.83. The molecule has 0 bridgehead atoms. The molecule has 0 unspecified atom stereocenters. The van der Waals surface area contributed by atoms with Crippen LogP contribution >= 0.6 is 0 Å². The molecule has 6 heteroatoms. The van der Waals surface area contributed by atoms with E-state index < -0.39 is 15.9 Å². The summed E-state index contributed by atoms with van der Waals surface area (Å²) >= 11 is -0.776. The van der Waals surface area contributed by atoms with Gasteiger partial charge in [-0.25, -0.2) is 9.97 Å². The molecule has 0 aliphatic heterocycles. The van der Waals surface area contributed by atoms with E-state index >= 15 is 0 Å². The number of hydrogen-bond acceptors (Lipinski definition) is 4. The molecule has 6 aromatic rings. The van der Waals surface area contributed by atoms with Crippen LogP contribution in [0.4, 0.5) is 0 Å². The van der Waals surface area contributed by atoms with Gasteiger partial charge in [0, 0.05) is 11.9 Å². The predicted molar refractivity (Wildman–Crippen MR) is 143 cm³/mol. The second kappa shape index (κ2) is 10.1. The number of aromatic nitrogens is 3. The van der Waals surface area contributed by atoms with Crippen LogP contribution in [0, 0.1) is 0 Å². The van der Waals surface area contributed by atoms with Crippen LogP contribution in [-0.4, -0.2) is 30.4 Å². The first-order valence-electron chi connectivity index (χ1n) is 11.7. The SMILES string of the molecule is c1ccc(-c2ccc([O][Al][O]c3ccccc3-c3nc4cccnc4n3-c3ccccc3)cc2)cc1. The molecule has 2 aromatic heterocycles. The summed E-state index contributed by atoms with van der Waals surface area (Å²) in [6.45, 7) is 0. The van der Waals surface area contributed by atoms with E-state index in [0.29, 0.717) is 0 Å². The Hall–Kier alpha value is -4.37. The minimum Gasteiger partial charge on any atom is -0.616 e. The van der Waals surface area contributed by atoms with E-state index in [4.69, 9.17) is 12.6 Å². The Bertz CT molecular complexity index is 1600. The lowest BCUT2D eigenvalue weighted by Crippen LogP contribution is -2.12. The third kappa shape index (κ3) is 4.48. The van der Waals surface area contributed by atoms with E-state index in [2.05, 4.69) is 45.9 Å². The van der Waals surface area contributed by atoms with Gasteiger partial charge in [-0.3, -0.25) is 4.57 Å². The predicted octanol–water partition coefficient (Wildman–Crippen LogP) is 6.75. The summed E-state index contributed by atoms with van der Waals surface area (Å²) in [6.07, 6.45) is 1.79. The second-order valence-electron chi connectivity index (χ2n) is 8.17. The zero-order valence-electron chi connectivity index (χ0n) is 19.4. The van der Waals surface area contributed by atoms with Crippen LogP contribution in [0.3, 0.4) is 0 Å². The molecule has 0 atom stereocenters. The van der Waals surface area contributed by atoms with Gasteiger partial charge in [0.25, 0.3) is 0 Å². The van der Waals surface area contributed by atoms with E-state index in [9.17, 15) is 0 Å². The number of rotatable bonds is 7. The quantitative estimate of drug-likeness (QED) is 0.236. The topological polar surface area (TPSA) is 49.2 Å². The van der Waals surface area contributed by atoms with Gasteiger partial charge < -0.3 is 7.58 Å². The fraction of sp³-hybridized carbons (Fsp3) is 0. The number of para-hydroxylation sites is 2.